The predicted molar refractivity (Wildman–Crippen MR) is 113 cm³/mol. The second kappa shape index (κ2) is 8.45. The molecule has 30 heavy (non-hydrogen) atoms. The molecule has 0 aliphatic carbocycles. The van der Waals surface area contributed by atoms with E-state index in [9.17, 15) is 14.7 Å². The minimum absolute atomic E-state index is 0.0899. The van der Waals surface area contributed by atoms with Crippen molar-refractivity contribution in [2.45, 2.75) is 25.7 Å². The van der Waals surface area contributed by atoms with Crippen molar-refractivity contribution >= 4 is 11.9 Å². The normalized spacial score (nSPS) is 16.3. The molecule has 1 atom stereocenters. The first-order valence-electron chi connectivity index (χ1n) is 10.0. The maximum absolute atomic E-state index is 13.4. The van der Waals surface area contributed by atoms with Gasteiger partial charge in [-0.1, -0.05) is 42.5 Å². The number of carboxylic acid groups (broad SMARTS) is 1. The summed E-state index contributed by atoms with van der Waals surface area (Å²) in [6, 6.07) is 16.7. The van der Waals surface area contributed by atoms with Gasteiger partial charge in [-0.05, 0) is 37.5 Å². The molecule has 4 rings (SSSR count). The summed E-state index contributed by atoms with van der Waals surface area (Å²) in [7, 11) is 0. The highest BCUT2D eigenvalue weighted by Gasteiger charge is 2.28. The minimum Gasteiger partial charge on any atom is -0.478 e. The predicted octanol–water partition coefficient (Wildman–Crippen LogP) is 4.17. The van der Waals surface area contributed by atoms with Gasteiger partial charge in [0.1, 0.15) is 5.82 Å². The number of nitrogens with zero attached hydrogens (tertiary/aromatic N) is 3. The molecule has 6 heteroatoms. The van der Waals surface area contributed by atoms with Crippen LogP contribution in [0, 0.1) is 6.92 Å². The zero-order chi connectivity index (χ0) is 21.1. The summed E-state index contributed by atoms with van der Waals surface area (Å²) in [5, 5.41) is 9.28. The molecule has 3 aromatic rings. The molecule has 1 amide bonds. The SMILES string of the molecule is Cc1ncc(C(=O)N2CCC[C@H](c3cccc(C(=O)O)c3)C2)c(-c2ccccc2)n1. The van der Waals surface area contributed by atoms with Crippen LogP contribution in [0.5, 0.6) is 0 Å². The van der Waals surface area contributed by atoms with E-state index in [4.69, 9.17) is 0 Å². The third kappa shape index (κ3) is 4.08. The molecule has 1 N–H and O–H groups in total. The Kier molecular flexibility index (Phi) is 5.57. The van der Waals surface area contributed by atoms with Gasteiger partial charge in [0.05, 0.1) is 16.8 Å². The molecule has 1 aromatic heterocycles. The number of benzene rings is 2. The average Bonchev–Trinajstić information content (AvgIpc) is 2.79. The summed E-state index contributed by atoms with van der Waals surface area (Å²) < 4.78 is 0. The third-order valence-corrected chi connectivity index (χ3v) is 5.50. The van der Waals surface area contributed by atoms with Gasteiger partial charge >= 0.3 is 5.97 Å². The summed E-state index contributed by atoms with van der Waals surface area (Å²) in [4.78, 5) is 35.4. The molecule has 0 spiro atoms. The molecule has 152 valence electrons. The van der Waals surface area contributed by atoms with Crippen molar-refractivity contribution in [1.29, 1.82) is 0 Å². The quantitative estimate of drug-likeness (QED) is 0.709. The van der Waals surface area contributed by atoms with Crippen LogP contribution in [-0.2, 0) is 0 Å². The van der Waals surface area contributed by atoms with E-state index in [0.29, 0.717) is 30.2 Å². The van der Waals surface area contributed by atoms with E-state index in [2.05, 4.69) is 9.97 Å². The molecule has 0 radical (unpaired) electrons. The van der Waals surface area contributed by atoms with Gasteiger partial charge in [0.2, 0.25) is 0 Å². The van der Waals surface area contributed by atoms with Gasteiger partial charge in [-0.15, -0.1) is 0 Å². The van der Waals surface area contributed by atoms with Crippen molar-refractivity contribution in [3.05, 3.63) is 83.3 Å². The third-order valence-electron chi connectivity index (χ3n) is 5.50. The number of piperidine rings is 1. The Morgan fingerprint density at radius 1 is 1.10 bits per heavy atom. The first-order chi connectivity index (χ1) is 14.5. The van der Waals surface area contributed by atoms with Crippen molar-refractivity contribution < 1.29 is 14.7 Å². The maximum atomic E-state index is 13.4. The molecule has 0 saturated carbocycles. The van der Waals surface area contributed by atoms with Crippen molar-refractivity contribution in [3.8, 4) is 11.3 Å². The van der Waals surface area contributed by atoms with Crippen LogP contribution in [0.25, 0.3) is 11.3 Å². The van der Waals surface area contributed by atoms with Gasteiger partial charge in [-0.3, -0.25) is 4.79 Å². The van der Waals surface area contributed by atoms with E-state index in [1.165, 1.54) is 0 Å². The van der Waals surface area contributed by atoms with Crippen molar-refractivity contribution in [1.82, 2.24) is 14.9 Å². The molecule has 1 saturated heterocycles. The Labute approximate surface area is 175 Å². The Hall–Kier alpha value is -3.54. The molecule has 6 nitrogen and oxygen atoms in total. The molecule has 2 aromatic carbocycles. The molecule has 2 heterocycles. The first kappa shape index (κ1) is 19.8. The van der Waals surface area contributed by atoms with Gasteiger partial charge < -0.3 is 10.0 Å². The largest absolute Gasteiger partial charge is 0.478 e. The van der Waals surface area contributed by atoms with Crippen LogP contribution in [0.2, 0.25) is 0 Å². The zero-order valence-electron chi connectivity index (χ0n) is 16.8. The van der Waals surface area contributed by atoms with E-state index in [-0.39, 0.29) is 17.4 Å². The smallest absolute Gasteiger partial charge is 0.335 e. The number of rotatable bonds is 4. The van der Waals surface area contributed by atoms with Gasteiger partial charge in [-0.25, -0.2) is 14.8 Å². The molecule has 1 aliphatic rings. The topological polar surface area (TPSA) is 83.4 Å². The number of carbonyl (C=O) groups excluding carboxylic acids is 1. The highest BCUT2D eigenvalue weighted by atomic mass is 16.4. The zero-order valence-corrected chi connectivity index (χ0v) is 16.8. The summed E-state index contributed by atoms with van der Waals surface area (Å²) in [6.45, 7) is 3.02. The molecule has 1 aliphatic heterocycles. The van der Waals surface area contributed by atoms with Crippen molar-refractivity contribution in [2.75, 3.05) is 13.1 Å². The van der Waals surface area contributed by atoms with Crippen molar-refractivity contribution in [2.24, 2.45) is 0 Å². The highest BCUT2D eigenvalue weighted by Crippen LogP contribution is 2.30. The Balaban J connectivity index is 1.62. The number of aromatic carboxylic acids is 1. The fourth-order valence-corrected chi connectivity index (χ4v) is 3.97. The molecular weight excluding hydrogens is 378 g/mol. The lowest BCUT2D eigenvalue weighted by Gasteiger charge is -2.33. The number of carbonyl (C=O) groups is 2. The Morgan fingerprint density at radius 2 is 1.90 bits per heavy atom. The van der Waals surface area contributed by atoms with Crippen LogP contribution in [0.15, 0.2) is 60.8 Å². The van der Waals surface area contributed by atoms with E-state index >= 15 is 0 Å². The van der Waals surface area contributed by atoms with E-state index in [0.717, 1.165) is 24.0 Å². The van der Waals surface area contributed by atoms with Gasteiger partial charge in [0, 0.05) is 30.8 Å². The standard InChI is InChI=1S/C24H23N3O3/c1-16-25-14-21(22(26-16)17-7-3-2-4-8-17)23(28)27-12-6-11-20(15-27)18-9-5-10-19(13-18)24(29)30/h2-5,7-10,13-14,20H,6,11-12,15H2,1H3,(H,29,30)/t20-/m0/s1. The van der Waals surface area contributed by atoms with Crippen LogP contribution >= 0.6 is 0 Å². The molecule has 1 fully saturated rings. The highest BCUT2D eigenvalue weighted by molar-refractivity contribution is 5.99. The minimum atomic E-state index is -0.940. The van der Waals surface area contributed by atoms with Crippen LogP contribution in [0.4, 0.5) is 0 Å². The first-order valence-corrected chi connectivity index (χ1v) is 10.0. The van der Waals surface area contributed by atoms with Crippen LogP contribution in [0.1, 0.15) is 50.9 Å². The van der Waals surface area contributed by atoms with E-state index in [1.807, 2.05) is 48.2 Å². The fourth-order valence-electron chi connectivity index (χ4n) is 3.97. The lowest BCUT2D eigenvalue weighted by atomic mass is 9.89. The van der Waals surface area contributed by atoms with Gasteiger partial charge in [-0.2, -0.15) is 0 Å². The lowest BCUT2D eigenvalue weighted by Crippen LogP contribution is -2.39. The van der Waals surface area contributed by atoms with Gasteiger partial charge in [0.15, 0.2) is 0 Å². The van der Waals surface area contributed by atoms with E-state index < -0.39 is 5.97 Å². The molecule has 0 unspecified atom stereocenters. The number of hydrogen-bond acceptors (Lipinski definition) is 4. The summed E-state index contributed by atoms with van der Waals surface area (Å²) in [6.07, 6.45) is 3.39. The van der Waals surface area contributed by atoms with Crippen LogP contribution in [-0.4, -0.2) is 44.9 Å². The molecule has 0 bridgehead atoms. The number of aryl methyl sites for hydroxylation is 1. The lowest BCUT2D eigenvalue weighted by molar-refractivity contribution is 0.0687. The second-order valence-electron chi connectivity index (χ2n) is 7.57. The summed E-state index contributed by atoms with van der Waals surface area (Å²) >= 11 is 0. The Bertz CT molecular complexity index is 1080. The number of likely N-dealkylation sites (tertiary alicyclic amines) is 1. The second-order valence-corrected chi connectivity index (χ2v) is 7.57. The van der Waals surface area contributed by atoms with Crippen molar-refractivity contribution in [3.63, 3.8) is 0 Å². The summed E-state index contributed by atoms with van der Waals surface area (Å²) in [5.74, 6) is -0.307. The van der Waals surface area contributed by atoms with Crippen LogP contribution in [0.3, 0.4) is 0 Å². The molecular formula is C24H23N3O3. The maximum Gasteiger partial charge on any atom is 0.335 e. The summed E-state index contributed by atoms with van der Waals surface area (Å²) in [5.41, 5.74) is 3.24. The van der Waals surface area contributed by atoms with E-state index in [1.54, 1.807) is 24.4 Å². The number of hydrogen-bond donors (Lipinski definition) is 1. The number of amides is 1. The van der Waals surface area contributed by atoms with Gasteiger partial charge in [0.25, 0.3) is 5.91 Å². The number of aromatic nitrogens is 2. The Morgan fingerprint density at radius 3 is 2.67 bits per heavy atom. The monoisotopic (exact) mass is 401 g/mol. The number of carboxylic acids is 1. The van der Waals surface area contributed by atoms with Crippen LogP contribution < -0.4 is 0 Å². The average molecular weight is 401 g/mol. The fraction of sp³-hybridized carbons (Fsp3) is 0.250.